The number of carbonyl (C=O) groups excluding carboxylic acids is 2. The van der Waals surface area contributed by atoms with Crippen LogP contribution in [0, 0.1) is 0 Å². The molecule has 5 rings (SSSR count). The molecule has 2 aliphatic heterocycles. The third kappa shape index (κ3) is 3.48. The summed E-state index contributed by atoms with van der Waals surface area (Å²) in [6.07, 6.45) is 2.76. The molecule has 3 aromatic rings. The first-order valence-corrected chi connectivity index (χ1v) is 11.1. The Morgan fingerprint density at radius 1 is 1.23 bits per heavy atom. The highest BCUT2D eigenvalue weighted by Crippen LogP contribution is 2.43. The number of aromatic nitrogens is 3. The maximum Gasteiger partial charge on any atom is 0.226 e. The van der Waals surface area contributed by atoms with Crippen LogP contribution in [0.3, 0.4) is 0 Å². The minimum atomic E-state index is -0.349. The van der Waals surface area contributed by atoms with Crippen molar-refractivity contribution in [3.05, 3.63) is 41.0 Å². The van der Waals surface area contributed by atoms with Gasteiger partial charge < -0.3 is 19.9 Å². The fraction of sp³-hybridized carbons (Fsp3) is 0.429. The summed E-state index contributed by atoms with van der Waals surface area (Å²) in [5.74, 6) is -0.211. The third-order valence-electron chi connectivity index (χ3n) is 6.10. The van der Waals surface area contributed by atoms with Crippen molar-refractivity contribution in [1.82, 2.24) is 20.1 Å². The maximum atomic E-state index is 12.6. The second-order valence-electron chi connectivity index (χ2n) is 7.79. The monoisotopic (exact) mass is 425 g/mol. The van der Waals surface area contributed by atoms with E-state index >= 15 is 0 Å². The quantitative estimate of drug-likeness (QED) is 0.670. The third-order valence-corrected chi connectivity index (χ3v) is 6.70. The number of carbonyl (C=O) groups is 2. The molecule has 9 heteroatoms. The first-order valence-electron chi connectivity index (χ1n) is 10.2. The molecule has 0 saturated carbocycles. The number of rotatable bonds is 4. The molecule has 2 N–H and O–H groups in total. The van der Waals surface area contributed by atoms with Crippen molar-refractivity contribution >= 4 is 39.2 Å². The van der Waals surface area contributed by atoms with Gasteiger partial charge in [-0.1, -0.05) is 29.5 Å². The average molecular weight is 426 g/mol. The van der Waals surface area contributed by atoms with Crippen molar-refractivity contribution < 1.29 is 14.3 Å². The number of anilines is 1. The minimum absolute atomic E-state index is 0.00458. The molecular weight excluding hydrogens is 402 g/mol. The molecule has 2 aromatic heterocycles. The number of aromatic amines is 1. The van der Waals surface area contributed by atoms with Gasteiger partial charge in [0.25, 0.3) is 0 Å². The zero-order valence-corrected chi connectivity index (χ0v) is 17.3. The van der Waals surface area contributed by atoms with E-state index in [0.717, 1.165) is 24.8 Å². The van der Waals surface area contributed by atoms with Crippen molar-refractivity contribution in [3.8, 4) is 0 Å². The van der Waals surface area contributed by atoms with Gasteiger partial charge in [-0.15, -0.1) is 10.2 Å². The van der Waals surface area contributed by atoms with E-state index in [-0.39, 0.29) is 30.3 Å². The molecule has 0 atom stereocenters. The van der Waals surface area contributed by atoms with Crippen LogP contribution in [0.25, 0.3) is 10.9 Å². The zero-order valence-electron chi connectivity index (χ0n) is 16.5. The molecule has 4 heterocycles. The van der Waals surface area contributed by atoms with Crippen LogP contribution in [0.2, 0.25) is 0 Å². The van der Waals surface area contributed by atoms with Gasteiger partial charge in [-0.05, 0) is 30.9 Å². The standard InChI is InChI=1S/C21H23N5O3S/c27-17(24-20-25-22-13-30-20)5-6-18(28)26-10-8-21(9-11-26)19-15(7-12-29-21)14-3-1-2-4-16(14)23-19/h1-4,13,23H,5-12H2,(H,24,25,27). The Hall–Kier alpha value is -2.78. The molecule has 0 aliphatic carbocycles. The van der Waals surface area contributed by atoms with Gasteiger partial charge in [0.2, 0.25) is 16.9 Å². The molecule has 1 fully saturated rings. The summed E-state index contributed by atoms with van der Waals surface area (Å²) < 4.78 is 6.30. The summed E-state index contributed by atoms with van der Waals surface area (Å²) >= 11 is 1.26. The largest absolute Gasteiger partial charge is 0.368 e. The lowest BCUT2D eigenvalue weighted by atomic mass is 9.83. The van der Waals surface area contributed by atoms with E-state index < -0.39 is 0 Å². The summed E-state index contributed by atoms with van der Waals surface area (Å²) in [5.41, 5.74) is 4.88. The Balaban J connectivity index is 1.21. The van der Waals surface area contributed by atoms with Crippen LogP contribution >= 0.6 is 11.3 Å². The van der Waals surface area contributed by atoms with E-state index in [1.165, 1.54) is 28.0 Å². The van der Waals surface area contributed by atoms with Crippen LogP contribution in [0.1, 0.15) is 36.9 Å². The molecule has 1 saturated heterocycles. The lowest BCUT2D eigenvalue weighted by Gasteiger charge is -2.43. The molecule has 30 heavy (non-hydrogen) atoms. The second kappa shape index (κ2) is 7.81. The van der Waals surface area contributed by atoms with Gasteiger partial charge >= 0.3 is 0 Å². The predicted octanol–water partition coefficient (Wildman–Crippen LogP) is 2.83. The van der Waals surface area contributed by atoms with Crippen LogP contribution < -0.4 is 5.32 Å². The lowest BCUT2D eigenvalue weighted by Crippen LogP contribution is -2.48. The Kier molecular flexibility index (Phi) is 5.00. The Morgan fingerprint density at radius 3 is 2.87 bits per heavy atom. The minimum Gasteiger partial charge on any atom is -0.368 e. The number of ether oxygens (including phenoxy) is 1. The molecule has 2 amide bonds. The molecule has 1 spiro atoms. The van der Waals surface area contributed by atoms with Crippen molar-refractivity contribution in [3.63, 3.8) is 0 Å². The highest BCUT2D eigenvalue weighted by atomic mass is 32.1. The first kappa shape index (κ1) is 19.2. The van der Waals surface area contributed by atoms with Crippen molar-refractivity contribution in [2.45, 2.75) is 37.7 Å². The number of hydrogen-bond acceptors (Lipinski definition) is 6. The molecule has 0 bridgehead atoms. The predicted molar refractivity (Wildman–Crippen MR) is 113 cm³/mol. The highest BCUT2D eigenvalue weighted by molar-refractivity contribution is 7.13. The van der Waals surface area contributed by atoms with Crippen molar-refractivity contribution in [2.24, 2.45) is 0 Å². The number of likely N-dealkylation sites (tertiary alicyclic amines) is 1. The van der Waals surface area contributed by atoms with E-state index in [0.29, 0.717) is 24.8 Å². The smallest absolute Gasteiger partial charge is 0.226 e. The van der Waals surface area contributed by atoms with Crippen LogP contribution in [0.4, 0.5) is 5.13 Å². The summed E-state index contributed by atoms with van der Waals surface area (Å²) in [7, 11) is 0. The van der Waals surface area contributed by atoms with E-state index in [1.807, 2.05) is 11.0 Å². The number of nitrogens with zero attached hydrogens (tertiary/aromatic N) is 3. The van der Waals surface area contributed by atoms with Gasteiger partial charge in [-0.25, -0.2) is 0 Å². The number of H-pyrrole nitrogens is 1. The van der Waals surface area contributed by atoms with Crippen molar-refractivity contribution in [1.29, 1.82) is 0 Å². The zero-order chi connectivity index (χ0) is 20.6. The van der Waals surface area contributed by atoms with Crippen LogP contribution in [0.15, 0.2) is 29.8 Å². The van der Waals surface area contributed by atoms with E-state index in [4.69, 9.17) is 4.74 Å². The SMILES string of the molecule is O=C(CCC(=O)N1CCC2(CC1)OCCc1c2[nH]c2ccccc12)Nc1nncs1. The molecule has 8 nitrogen and oxygen atoms in total. The van der Waals surface area contributed by atoms with Crippen LogP contribution in [-0.2, 0) is 26.3 Å². The summed E-state index contributed by atoms with van der Waals surface area (Å²) in [4.78, 5) is 30.1. The first-order chi connectivity index (χ1) is 14.6. The van der Waals surface area contributed by atoms with E-state index in [2.05, 4.69) is 38.7 Å². The van der Waals surface area contributed by atoms with E-state index in [1.54, 1.807) is 5.51 Å². The van der Waals surface area contributed by atoms with Crippen LogP contribution in [-0.4, -0.2) is 51.6 Å². The summed E-state index contributed by atoms with van der Waals surface area (Å²) in [6.45, 7) is 1.96. The number of para-hydroxylation sites is 1. The molecule has 0 radical (unpaired) electrons. The van der Waals surface area contributed by atoms with Crippen molar-refractivity contribution in [2.75, 3.05) is 25.0 Å². The number of piperidine rings is 1. The number of fused-ring (bicyclic) bond motifs is 4. The number of benzene rings is 1. The van der Waals surface area contributed by atoms with Gasteiger partial charge in [0, 0.05) is 36.8 Å². The second-order valence-corrected chi connectivity index (χ2v) is 8.62. The number of hydrogen-bond donors (Lipinski definition) is 2. The highest BCUT2D eigenvalue weighted by Gasteiger charge is 2.43. The molecule has 0 unspecified atom stereocenters. The molecular formula is C21H23N5O3S. The Morgan fingerprint density at radius 2 is 2.07 bits per heavy atom. The maximum absolute atomic E-state index is 12.6. The lowest BCUT2D eigenvalue weighted by molar-refractivity contribution is -0.142. The Labute approximate surface area is 177 Å². The molecule has 1 aromatic carbocycles. The Bertz CT molecular complexity index is 1070. The topological polar surface area (TPSA) is 100 Å². The number of nitrogens with one attached hydrogen (secondary N) is 2. The van der Waals surface area contributed by atoms with Gasteiger partial charge in [-0.2, -0.15) is 0 Å². The fourth-order valence-electron chi connectivity index (χ4n) is 4.57. The summed E-state index contributed by atoms with van der Waals surface area (Å²) in [5, 5.41) is 11.8. The fourth-order valence-corrected chi connectivity index (χ4v) is 5.03. The van der Waals surface area contributed by atoms with Crippen LogP contribution in [0.5, 0.6) is 0 Å². The molecule has 2 aliphatic rings. The van der Waals surface area contributed by atoms with Gasteiger partial charge in [0.05, 0.1) is 12.3 Å². The van der Waals surface area contributed by atoms with Gasteiger partial charge in [0.1, 0.15) is 11.1 Å². The van der Waals surface area contributed by atoms with Gasteiger partial charge in [0.15, 0.2) is 0 Å². The summed E-state index contributed by atoms with van der Waals surface area (Å²) in [6, 6.07) is 8.38. The average Bonchev–Trinajstić information content (AvgIpc) is 3.41. The van der Waals surface area contributed by atoms with E-state index in [9.17, 15) is 9.59 Å². The normalized spacial score (nSPS) is 17.8. The number of amides is 2. The van der Waals surface area contributed by atoms with Gasteiger partial charge in [-0.3, -0.25) is 9.59 Å². The molecule has 156 valence electrons.